The SMILES string of the molecule is Cc1ccc(NC(=O)c2ccc(N)cc2)nc1. The highest BCUT2D eigenvalue weighted by Gasteiger charge is 2.05. The van der Waals surface area contributed by atoms with Gasteiger partial charge in [0.2, 0.25) is 0 Å². The Hall–Kier alpha value is -2.36. The monoisotopic (exact) mass is 227 g/mol. The molecule has 0 saturated carbocycles. The van der Waals surface area contributed by atoms with Gasteiger partial charge < -0.3 is 11.1 Å². The number of aromatic nitrogens is 1. The average molecular weight is 227 g/mol. The molecule has 4 heteroatoms. The van der Waals surface area contributed by atoms with Crippen LogP contribution < -0.4 is 11.1 Å². The first-order valence-electron chi connectivity index (χ1n) is 5.25. The van der Waals surface area contributed by atoms with Crippen molar-refractivity contribution in [3.05, 3.63) is 53.7 Å². The normalized spacial score (nSPS) is 9.94. The van der Waals surface area contributed by atoms with Crippen LogP contribution in [0, 0.1) is 6.92 Å². The van der Waals surface area contributed by atoms with E-state index in [1.165, 1.54) is 0 Å². The summed E-state index contributed by atoms with van der Waals surface area (Å²) in [4.78, 5) is 15.9. The molecule has 0 bridgehead atoms. The maximum absolute atomic E-state index is 11.8. The number of pyridine rings is 1. The number of carbonyl (C=O) groups excluding carboxylic acids is 1. The largest absolute Gasteiger partial charge is 0.399 e. The molecule has 1 aromatic carbocycles. The first kappa shape index (κ1) is 11.1. The van der Waals surface area contributed by atoms with E-state index in [-0.39, 0.29) is 5.91 Å². The number of hydrogen-bond donors (Lipinski definition) is 2. The second-order valence-electron chi connectivity index (χ2n) is 3.80. The number of nitrogen functional groups attached to an aromatic ring is 1. The van der Waals surface area contributed by atoms with E-state index in [4.69, 9.17) is 5.73 Å². The molecule has 0 fully saturated rings. The first-order valence-corrected chi connectivity index (χ1v) is 5.25. The van der Waals surface area contributed by atoms with Gasteiger partial charge in [-0.05, 0) is 42.8 Å². The molecule has 0 atom stereocenters. The quantitative estimate of drug-likeness (QED) is 0.773. The summed E-state index contributed by atoms with van der Waals surface area (Å²) in [5.74, 6) is 0.346. The van der Waals surface area contributed by atoms with Crippen LogP contribution in [0.2, 0.25) is 0 Å². The second-order valence-corrected chi connectivity index (χ2v) is 3.80. The van der Waals surface area contributed by atoms with E-state index in [1.54, 1.807) is 36.5 Å². The molecule has 1 heterocycles. The molecule has 0 aliphatic heterocycles. The Morgan fingerprint density at radius 1 is 1.18 bits per heavy atom. The number of aryl methyl sites for hydroxylation is 1. The molecule has 4 nitrogen and oxygen atoms in total. The van der Waals surface area contributed by atoms with Crippen molar-refractivity contribution in [3.63, 3.8) is 0 Å². The Morgan fingerprint density at radius 2 is 1.88 bits per heavy atom. The van der Waals surface area contributed by atoms with Gasteiger partial charge in [0.1, 0.15) is 5.82 Å². The van der Waals surface area contributed by atoms with Crippen molar-refractivity contribution in [2.24, 2.45) is 0 Å². The number of anilines is 2. The van der Waals surface area contributed by atoms with E-state index in [9.17, 15) is 4.79 Å². The fraction of sp³-hybridized carbons (Fsp3) is 0.0769. The van der Waals surface area contributed by atoms with Crippen molar-refractivity contribution in [3.8, 4) is 0 Å². The zero-order valence-electron chi connectivity index (χ0n) is 9.47. The van der Waals surface area contributed by atoms with Crippen LogP contribution in [0.5, 0.6) is 0 Å². The van der Waals surface area contributed by atoms with Crippen LogP contribution in [-0.4, -0.2) is 10.9 Å². The van der Waals surface area contributed by atoms with Gasteiger partial charge in [-0.3, -0.25) is 4.79 Å². The van der Waals surface area contributed by atoms with Crippen LogP contribution in [0.3, 0.4) is 0 Å². The molecule has 1 aromatic heterocycles. The summed E-state index contributed by atoms with van der Waals surface area (Å²) in [6.45, 7) is 1.94. The molecule has 3 N–H and O–H groups in total. The maximum Gasteiger partial charge on any atom is 0.256 e. The van der Waals surface area contributed by atoms with E-state index >= 15 is 0 Å². The van der Waals surface area contributed by atoms with Crippen molar-refractivity contribution in [1.82, 2.24) is 4.98 Å². The minimum Gasteiger partial charge on any atom is -0.399 e. The van der Waals surface area contributed by atoms with Gasteiger partial charge in [-0.25, -0.2) is 4.98 Å². The molecule has 0 aliphatic rings. The minimum absolute atomic E-state index is 0.193. The van der Waals surface area contributed by atoms with Gasteiger partial charge in [-0.15, -0.1) is 0 Å². The Balaban J connectivity index is 2.11. The topological polar surface area (TPSA) is 68.0 Å². The summed E-state index contributed by atoms with van der Waals surface area (Å²) in [5, 5.41) is 2.71. The van der Waals surface area contributed by atoms with Gasteiger partial charge in [-0.1, -0.05) is 6.07 Å². The summed E-state index contributed by atoms with van der Waals surface area (Å²) < 4.78 is 0. The van der Waals surface area contributed by atoms with Crippen LogP contribution in [0.1, 0.15) is 15.9 Å². The van der Waals surface area contributed by atoms with Crippen molar-refractivity contribution < 1.29 is 4.79 Å². The van der Waals surface area contributed by atoms with Gasteiger partial charge in [0.05, 0.1) is 0 Å². The number of benzene rings is 1. The zero-order chi connectivity index (χ0) is 12.3. The minimum atomic E-state index is -0.193. The van der Waals surface area contributed by atoms with E-state index in [1.807, 2.05) is 13.0 Å². The number of nitrogens with two attached hydrogens (primary N) is 1. The molecule has 17 heavy (non-hydrogen) atoms. The molecule has 0 aliphatic carbocycles. The summed E-state index contributed by atoms with van der Waals surface area (Å²) >= 11 is 0. The summed E-state index contributed by atoms with van der Waals surface area (Å²) in [7, 11) is 0. The van der Waals surface area contributed by atoms with E-state index in [2.05, 4.69) is 10.3 Å². The second kappa shape index (κ2) is 4.65. The summed E-state index contributed by atoms with van der Waals surface area (Å²) in [6.07, 6.45) is 1.71. The number of nitrogens with one attached hydrogen (secondary N) is 1. The van der Waals surface area contributed by atoms with Gasteiger partial charge in [0, 0.05) is 17.4 Å². The Morgan fingerprint density at radius 3 is 2.47 bits per heavy atom. The highest BCUT2D eigenvalue weighted by atomic mass is 16.1. The average Bonchev–Trinajstić information content (AvgIpc) is 2.33. The molecule has 2 aromatic rings. The maximum atomic E-state index is 11.8. The molecule has 1 amide bonds. The number of rotatable bonds is 2. The molecule has 2 rings (SSSR count). The van der Waals surface area contributed by atoms with Gasteiger partial charge in [0.15, 0.2) is 0 Å². The van der Waals surface area contributed by atoms with E-state index < -0.39 is 0 Å². The lowest BCUT2D eigenvalue weighted by Crippen LogP contribution is -2.12. The van der Waals surface area contributed by atoms with Crippen molar-refractivity contribution in [2.75, 3.05) is 11.1 Å². The number of hydrogen-bond acceptors (Lipinski definition) is 3. The molecule has 0 spiro atoms. The molecule has 0 unspecified atom stereocenters. The number of carbonyl (C=O) groups is 1. The highest BCUT2D eigenvalue weighted by molar-refractivity contribution is 6.03. The summed E-state index contributed by atoms with van der Waals surface area (Å²) in [5.41, 5.74) is 7.79. The number of amides is 1. The van der Waals surface area contributed by atoms with Crippen molar-refractivity contribution in [1.29, 1.82) is 0 Å². The predicted molar refractivity (Wildman–Crippen MR) is 67.8 cm³/mol. The van der Waals surface area contributed by atoms with Gasteiger partial charge in [0.25, 0.3) is 5.91 Å². The number of nitrogens with zero attached hydrogens (tertiary/aromatic N) is 1. The van der Waals surface area contributed by atoms with Crippen LogP contribution in [0.15, 0.2) is 42.6 Å². The zero-order valence-corrected chi connectivity index (χ0v) is 9.47. The molecule has 0 saturated heterocycles. The predicted octanol–water partition coefficient (Wildman–Crippen LogP) is 2.22. The fourth-order valence-electron chi connectivity index (χ4n) is 1.36. The Bertz CT molecular complexity index is 517. The molecular formula is C13H13N3O. The molecular weight excluding hydrogens is 214 g/mol. The van der Waals surface area contributed by atoms with Gasteiger partial charge >= 0.3 is 0 Å². The van der Waals surface area contributed by atoms with Crippen LogP contribution in [0.4, 0.5) is 11.5 Å². The standard InChI is InChI=1S/C13H13N3O/c1-9-2-7-12(15-8-9)16-13(17)10-3-5-11(14)6-4-10/h2-8H,14H2,1H3,(H,15,16,17). The van der Waals surface area contributed by atoms with Gasteiger partial charge in [-0.2, -0.15) is 0 Å². The molecule has 86 valence electrons. The first-order chi connectivity index (χ1) is 8.15. The third kappa shape index (κ3) is 2.81. The van der Waals surface area contributed by atoms with E-state index in [0.717, 1.165) is 5.56 Å². The Labute approximate surface area is 99.5 Å². The third-order valence-electron chi connectivity index (χ3n) is 2.33. The molecule has 0 radical (unpaired) electrons. The fourth-order valence-corrected chi connectivity index (χ4v) is 1.36. The lowest BCUT2D eigenvalue weighted by molar-refractivity contribution is 0.102. The highest BCUT2D eigenvalue weighted by Crippen LogP contribution is 2.09. The lowest BCUT2D eigenvalue weighted by atomic mass is 10.2. The van der Waals surface area contributed by atoms with Crippen LogP contribution in [0.25, 0.3) is 0 Å². The van der Waals surface area contributed by atoms with E-state index in [0.29, 0.717) is 17.1 Å². The van der Waals surface area contributed by atoms with Crippen LogP contribution in [-0.2, 0) is 0 Å². The van der Waals surface area contributed by atoms with Crippen molar-refractivity contribution in [2.45, 2.75) is 6.92 Å². The van der Waals surface area contributed by atoms with Crippen molar-refractivity contribution >= 4 is 17.4 Å². The van der Waals surface area contributed by atoms with Crippen LogP contribution >= 0.6 is 0 Å². The Kier molecular flexibility index (Phi) is 3.05. The third-order valence-corrected chi connectivity index (χ3v) is 2.33. The summed E-state index contributed by atoms with van der Waals surface area (Å²) in [6, 6.07) is 10.4. The lowest BCUT2D eigenvalue weighted by Gasteiger charge is -2.04. The smallest absolute Gasteiger partial charge is 0.256 e.